The quantitative estimate of drug-likeness (QED) is 0.367. The van der Waals surface area contributed by atoms with Crippen LogP contribution in [0.2, 0.25) is 0 Å². The molecule has 0 fully saturated rings. The molecular weight excluding hydrogens is 452 g/mol. The van der Waals surface area contributed by atoms with Gasteiger partial charge in [-0.15, -0.1) is 11.3 Å². The van der Waals surface area contributed by atoms with Gasteiger partial charge < -0.3 is 23.7 Å². The summed E-state index contributed by atoms with van der Waals surface area (Å²) in [4.78, 5) is 31.0. The highest BCUT2D eigenvalue weighted by atomic mass is 32.1. The van der Waals surface area contributed by atoms with Gasteiger partial charge in [-0.25, -0.2) is 0 Å². The number of methoxy groups -OCH3 is 2. The fourth-order valence-corrected chi connectivity index (χ4v) is 4.34. The molecular formula is C26H32N2O5S. The Hall–Kier alpha value is -3.26. The normalized spacial score (nSPS) is 11.6. The third-order valence-electron chi connectivity index (χ3n) is 5.82. The lowest BCUT2D eigenvalue weighted by atomic mass is 10.1. The van der Waals surface area contributed by atoms with Gasteiger partial charge in [-0.1, -0.05) is 19.1 Å². The molecule has 0 aliphatic heterocycles. The highest BCUT2D eigenvalue weighted by molar-refractivity contribution is 7.09. The van der Waals surface area contributed by atoms with Gasteiger partial charge in [-0.05, 0) is 61.0 Å². The van der Waals surface area contributed by atoms with E-state index in [9.17, 15) is 9.59 Å². The van der Waals surface area contributed by atoms with Gasteiger partial charge >= 0.3 is 0 Å². The Morgan fingerprint density at radius 1 is 1.09 bits per heavy atom. The van der Waals surface area contributed by atoms with Crippen molar-refractivity contribution in [2.24, 2.45) is 0 Å². The Labute approximate surface area is 204 Å². The standard InChI is InChI=1S/C26H32N2O5S/c1-5-19(2)28(26(30)23-9-6-14-33-23)18-25(29)27(17-21-8-7-15-34-21)13-12-20-10-11-22(31-3)24(16-20)32-4/h6-11,14-16,19H,5,12-13,17-18H2,1-4H3. The molecule has 3 rings (SSSR count). The van der Waals surface area contributed by atoms with Crippen molar-refractivity contribution >= 4 is 23.2 Å². The van der Waals surface area contributed by atoms with E-state index >= 15 is 0 Å². The largest absolute Gasteiger partial charge is 0.493 e. The second-order valence-electron chi connectivity index (χ2n) is 8.00. The van der Waals surface area contributed by atoms with E-state index in [-0.39, 0.29) is 30.2 Å². The maximum Gasteiger partial charge on any atom is 0.290 e. The molecule has 0 aliphatic carbocycles. The van der Waals surface area contributed by atoms with Gasteiger partial charge in [0.05, 0.1) is 27.0 Å². The highest BCUT2D eigenvalue weighted by Crippen LogP contribution is 2.28. The first-order chi connectivity index (χ1) is 16.5. The first-order valence-electron chi connectivity index (χ1n) is 11.3. The van der Waals surface area contributed by atoms with Crippen molar-refractivity contribution in [3.05, 3.63) is 70.3 Å². The third kappa shape index (κ3) is 6.41. The molecule has 0 saturated carbocycles. The van der Waals surface area contributed by atoms with Crippen molar-refractivity contribution in [1.82, 2.24) is 9.80 Å². The molecule has 0 N–H and O–H groups in total. The average Bonchev–Trinajstić information content (AvgIpc) is 3.58. The Bertz CT molecular complexity index is 1050. The summed E-state index contributed by atoms with van der Waals surface area (Å²) in [7, 11) is 3.21. The molecule has 0 radical (unpaired) electrons. The van der Waals surface area contributed by atoms with Gasteiger partial charge in [0.15, 0.2) is 17.3 Å². The third-order valence-corrected chi connectivity index (χ3v) is 6.68. The minimum atomic E-state index is -0.274. The van der Waals surface area contributed by atoms with Crippen LogP contribution in [0.25, 0.3) is 0 Å². The van der Waals surface area contributed by atoms with Crippen molar-refractivity contribution in [1.29, 1.82) is 0 Å². The molecule has 34 heavy (non-hydrogen) atoms. The van der Waals surface area contributed by atoms with Gasteiger partial charge in [0.25, 0.3) is 5.91 Å². The average molecular weight is 485 g/mol. The summed E-state index contributed by atoms with van der Waals surface area (Å²) in [5.74, 6) is 1.18. The number of benzene rings is 1. The van der Waals surface area contributed by atoms with Crippen LogP contribution in [0.4, 0.5) is 0 Å². The topological polar surface area (TPSA) is 72.2 Å². The first kappa shape index (κ1) is 25.4. The maximum atomic E-state index is 13.5. The monoisotopic (exact) mass is 484 g/mol. The summed E-state index contributed by atoms with van der Waals surface area (Å²) in [5, 5.41) is 2.00. The van der Waals surface area contributed by atoms with Crippen LogP contribution < -0.4 is 9.47 Å². The van der Waals surface area contributed by atoms with Gasteiger partial charge in [-0.2, -0.15) is 0 Å². The Morgan fingerprint density at radius 2 is 1.88 bits per heavy atom. The number of amides is 2. The molecule has 2 amide bonds. The molecule has 3 aromatic rings. The van der Waals surface area contributed by atoms with Gasteiger partial charge in [0, 0.05) is 17.5 Å². The van der Waals surface area contributed by atoms with Crippen LogP contribution in [0.1, 0.15) is 41.3 Å². The zero-order chi connectivity index (χ0) is 24.5. The fourth-order valence-electron chi connectivity index (χ4n) is 3.62. The zero-order valence-electron chi connectivity index (χ0n) is 20.2. The van der Waals surface area contributed by atoms with E-state index in [0.29, 0.717) is 31.0 Å². The second-order valence-corrected chi connectivity index (χ2v) is 9.03. The number of hydrogen-bond donors (Lipinski definition) is 0. The second kappa shape index (κ2) is 12.3. The van der Waals surface area contributed by atoms with E-state index < -0.39 is 0 Å². The number of thiophene rings is 1. The van der Waals surface area contributed by atoms with E-state index in [2.05, 4.69) is 0 Å². The van der Waals surface area contributed by atoms with E-state index in [1.165, 1.54) is 6.26 Å². The molecule has 1 unspecified atom stereocenters. The predicted molar refractivity (Wildman–Crippen MR) is 132 cm³/mol. The lowest BCUT2D eigenvalue weighted by Crippen LogP contribution is -2.46. The molecule has 2 heterocycles. The molecule has 7 nitrogen and oxygen atoms in total. The Kier molecular flexibility index (Phi) is 9.16. The zero-order valence-corrected chi connectivity index (χ0v) is 21.0. The van der Waals surface area contributed by atoms with Crippen molar-refractivity contribution in [2.75, 3.05) is 27.3 Å². The van der Waals surface area contributed by atoms with Crippen LogP contribution >= 0.6 is 11.3 Å². The minimum Gasteiger partial charge on any atom is -0.493 e. The molecule has 0 bridgehead atoms. The lowest BCUT2D eigenvalue weighted by Gasteiger charge is -2.30. The van der Waals surface area contributed by atoms with E-state index in [1.807, 2.05) is 54.5 Å². The van der Waals surface area contributed by atoms with Crippen molar-refractivity contribution in [3.63, 3.8) is 0 Å². The Balaban J connectivity index is 1.77. The van der Waals surface area contributed by atoms with Crippen LogP contribution in [0, 0.1) is 0 Å². The van der Waals surface area contributed by atoms with Crippen molar-refractivity contribution in [2.45, 2.75) is 39.3 Å². The van der Waals surface area contributed by atoms with E-state index in [4.69, 9.17) is 13.9 Å². The Morgan fingerprint density at radius 3 is 2.50 bits per heavy atom. The predicted octanol–water partition coefficient (Wildman–Crippen LogP) is 4.87. The number of rotatable bonds is 12. The lowest BCUT2D eigenvalue weighted by molar-refractivity contribution is -0.133. The summed E-state index contributed by atoms with van der Waals surface area (Å²) in [6.45, 7) is 4.94. The van der Waals surface area contributed by atoms with Crippen LogP contribution in [-0.4, -0.2) is 55.0 Å². The van der Waals surface area contributed by atoms with E-state index in [0.717, 1.165) is 16.9 Å². The summed E-state index contributed by atoms with van der Waals surface area (Å²) < 4.78 is 16.0. The SMILES string of the molecule is CCC(C)N(CC(=O)N(CCc1ccc(OC)c(OC)c1)Cc1cccs1)C(=O)c1ccco1. The molecule has 0 saturated heterocycles. The molecule has 1 aromatic carbocycles. The molecule has 0 spiro atoms. The number of carbonyl (C=O) groups is 2. The molecule has 1 atom stereocenters. The summed E-state index contributed by atoms with van der Waals surface area (Å²) in [5.41, 5.74) is 1.03. The maximum absolute atomic E-state index is 13.5. The number of carbonyl (C=O) groups excluding carboxylic acids is 2. The van der Waals surface area contributed by atoms with Crippen LogP contribution in [-0.2, 0) is 17.8 Å². The number of ether oxygens (including phenoxy) is 2. The number of hydrogen-bond acceptors (Lipinski definition) is 6. The molecule has 0 aliphatic rings. The fraction of sp³-hybridized carbons (Fsp3) is 0.385. The van der Waals surface area contributed by atoms with Crippen LogP contribution in [0.3, 0.4) is 0 Å². The van der Waals surface area contributed by atoms with Gasteiger partial charge in [0.2, 0.25) is 5.91 Å². The first-order valence-corrected chi connectivity index (χ1v) is 12.2. The molecule has 2 aromatic heterocycles. The number of furan rings is 1. The summed E-state index contributed by atoms with van der Waals surface area (Å²) in [6.07, 6.45) is 2.85. The van der Waals surface area contributed by atoms with Gasteiger partial charge in [-0.3, -0.25) is 9.59 Å². The van der Waals surface area contributed by atoms with Crippen molar-refractivity contribution in [3.8, 4) is 11.5 Å². The summed E-state index contributed by atoms with van der Waals surface area (Å²) in [6, 6.07) is 13.0. The van der Waals surface area contributed by atoms with Gasteiger partial charge in [0.1, 0.15) is 6.54 Å². The highest BCUT2D eigenvalue weighted by Gasteiger charge is 2.27. The van der Waals surface area contributed by atoms with Crippen molar-refractivity contribution < 1.29 is 23.5 Å². The molecule has 8 heteroatoms. The van der Waals surface area contributed by atoms with E-state index in [1.54, 1.807) is 42.6 Å². The molecule has 182 valence electrons. The minimum absolute atomic E-state index is 0.00809. The smallest absolute Gasteiger partial charge is 0.290 e. The van der Waals surface area contributed by atoms with Crippen LogP contribution in [0.15, 0.2) is 58.5 Å². The summed E-state index contributed by atoms with van der Waals surface area (Å²) >= 11 is 1.61. The number of nitrogens with zero attached hydrogens (tertiary/aromatic N) is 2. The van der Waals surface area contributed by atoms with Crippen LogP contribution in [0.5, 0.6) is 11.5 Å².